The molecule has 0 aliphatic rings. The lowest BCUT2D eigenvalue weighted by atomic mass is 10.3. The summed E-state index contributed by atoms with van der Waals surface area (Å²) >= 11 is 6.95. The van der Waals surface area contributed by atoms with Crippen molar-refractivity contribution in [2.24, 2.45) is 5.73 Å². The average molecular weight is 303 g/mol. The third-order valence-corrected chi connectivity index (χ3v) is 5.40. The quantitative estimate of drug-likeness (QED) is 0.912. The fourth-order valence-electron chi connectivity index (χ4n) is 1.37. The third-order valence-electron chi connectivity index (χ3n) is 2.18. The summed E-state index contributed by atoms with van der Waals surface area (Å²) in [6, 6.07) is 9.80. The van der Waals surface area contributed by atoms with Crippen LogP contribution in [0.2, 0.25) is 5.02 Å². The molecule has 0 amide bonds. The van der Waals surface area contributed by atoms with Gasteiger partial charge in [0.25, 0.3) is 10.0 Å². The predicted octanol–water partition coefficient (Wildman–Crippen LogP) is 2.66. The summed E-state index contributed by atoms with van der Waals surface area (Å²) in [6.45, 7) is 0.331. The summed E-state index contributed by atoms with van der Waals surface area (Å²) in [7, 11) is -3.57. The minimum atomic E-state index is -3.57. The molecular formula is C11H11ClN2O2S2. The van der Waals surface area contributed by atoms with E-state index in [2.05, 4.69) is 4.72 Å². The minimum absolute atomic E-state index is 0.239. The van der Waals surface area contributed by atoms with E-state index in [1.807, 2.05) is 0 Å². The molecule has 4 nitrogen and oxygen atoms in total. The van der Waals surface area contributed by atoms with E-state index in [0.717, 1.165) is 16.2 Å². The maximum Gasteiger partial charge on any atom is 0.271 e. The van der Waals surface area contributed by atoms with Crippen LogP contribution in [0.3, 0.4) is 0 Å². The number of rotatable bonds is 4. The van der Waals surface area contributed by atoms with E-state index in [1.165, 1.54) is 0 Å². The number of hydrogen-bond donors (Lipinski definition) is 2. The molecule has 0 atom stereocenters. The molecule has 0 unspecified atom stereocenters. The molecule has 0 bridgehead atoms. The van der Waals surface area contributed by atoms with Gasteiger partial charge >= 0.3 is 0 Å². The van der Waals surface area contributed by atoms with Gasteiger partial charge in [-0.1, -0.05) is 17.7 Å². The molecule has 18 heavy (non-hydrogen) atoms. The molecular weight excluding hydrogens is 292 g/mol. The van der Waals surface area contributed by atoms with Gasteiger partial charge in [-0.15, -0.1) is 11.3 Å². The Kier molecular flexibility index (Phi) is 3.91. The molecule has 0 aliphatic heterocycles. The number of benzene rings is 1. The summed E-state index contributed by atoms with van der Waals surface area (Å²) in [6.07, 6.45) is 0. The van der Waals surface area contributed by atoms with Gasteiger partial charge in [0.1, 0.15) is 4.21 Å². The summed E-state index contributed by atoms with van der Waals surface area (Å²) in [4.78, 5) is 0.821. The van der Waals surface area contributed by atoms with Crippen LogP contribution in [0.1, 0.15) is 4.88 Å². The van der Waals surface area contributed by atoms with Crippen LogP contribution in [-0.4, -0.2) is 8.42 Å². The fraction of sp³-hybridized carbons (Fsp3) is 0.0909. The SMILES string of the molecule is NCc1ccc(S(=O)(=O)Nc2cccc(Cl)c2)s1. The van der Waals surface area contributed by atoms with Gasteiger partial charge in [0, 0.05) is 16.4 Å². The Hall–Kier alpha value is -1.08. The molecule has 3 N–H and O–H groups in total. The monoisotopic (exact) mass is 302 g/mol. The Balaban J connectivity index is 2.27. The van der Waals surface area contributed by atoms with E-state index in [-0.39, 0.29) is 4.21 Å². The van der Waals surface area contributed by atoms with Crippen molar-refractivity contribution < 1.29 is 8.42 Å². The highest BCUT2D eigenvalue weighted by molar-refractivity contribution is 7.94. The Labute approximate surface area is 114 Å². The zero-order valence-electron chi connectivity index (χ0n) is 9.26. The van der Waals surface area contributed by atoms with Crippen molar-refractivity contribution in [3.63, 3.8) is 0 Å². The topological polar surface area (TPSA) is 72.2 Å². The molecule has 0 aliphatic carbocycles. The van der Waals surface area contributed by atoms with E-state index >= 15 is 0 Å². The summed E-state index contributed by atoms with van der Waals surface area (Å²) in [5.41, 5.74) is 5.89. The van der Waals surface area contributed by atoms with Gasteiger partial charge in [0.05, 0.1) is 5.69 Å². The van der Waals surface area contributed by atoms with Crippen LogP contribution in [-0.2, 0) is 16.6 Å². The first-order chi connectivity index (χ1) is 8.51. The number of thiophene rings is 1. The van der Waals surface area contributed by atoms with Gasteiger partial charge in [-0.05, 0) is 30.3 Å². The minimum Gasteiger partial charge on any atom is -0.326 e. The van der Waals surface area contributed by atoms with E-state index in [4.69, 9.17) is 17.3 Å². The number of hydrogen-bond acceptors (Lipinski definition) is 4. The molecule has 0 saturated carbocycles. The molecule has 7 heteroatoms. The van der Waals surface area contributed by atoms with Gasteiger partial charge in [-0.2, -0.15) is 0 Å². The summed E-state index contributed by atoms with van der Waals surface area (Å²) < 4.78 is 26.8. The summed E-state index contributed by atoms with van der Waals surface area (Å²) in [5.74, 6) is 0. The third kappa shape index (κ3) is 3.02. The normalized spacial score (nSPS) is 11.4. The second kappa shape index (κ2) is 5.27. The first-order valence-electron chi connectivity index (χ1n) is 5.08. The van der Waals surface area contributed by atoms with Gasteiger partial charge in [0.15, 0.2) is 0 Å². The molecule has 0 saturated heterocycles. The van der Waals surface area contributed by atoms with Crippen LogP contribution in [0.5, 0.6) is 0 Å². The van der Waals surface area contributed by atoms with Crippen molar-refractivity contribution in [3.05, 3.63) is 46.3 Å². The fourth-order valence-corrected chi connectivity index (χ4v) is 3.84. The van der Waals surface area contributed by atoms with Crippen molar-refractivity contribution in [2.45, 2.75) is 10.8 Å². The van der Waals surface area contributed by atoms with Crippen LogP contribution in [0, 0.1) is 0 Å². The average Bonchev–Trinajstić information content (AvgIpc) is 2.77. The lowest BCUT2D eigenvalue weighted by Crippen LogP contribution is -2.11. The van der Waals surface area contributed by atoms with E-state index in [0.29, 0.717) is 17.3 Å². The predicted molar refractivity (Wildman–Crippen MR) is 74.5 cm³/mol. The standard InChI is InChI=1S/C11H11ClN2O2S2/c12-8-2-1-3-9(6-8)14-18(15,16)11-5-4-10(7-13)17-11/h1-6,14H,7,13H2. The van der Waals surface area contributed by atoms with Crippen molar-refractivity contribution >= 4 is 38.6 Å². The van der Waals surface area contributed by atoms with Crippen LogP contribution < -0.4 is 10.5 Å². The van der Waals surface area contributed by atoms with Crippen molar-refractivity contribution in [1.29, 1.82) is 0 Å². The molecule has 96 valence electrons. The molecule has 0 radical (unpaired) electrons. The highest BCUT2D eigenvalue weighted by Gasteiger charge is 2.16. The first-order valence-corrected chi connectivity index (χ1v) is 7.76. The largest absolute Gasteiger partial charge is 0.326 e. The first kappa shape index (κ1) is 13.4. The van der Waals surface area contributed by atoms with Crippen LogP contribution in [0.4, 0.5) is 5.69 Å². The number of nitrogens with two attached hydrogens (primary N) is 1. The highest BCUT2D eigenvalue weighted by Crippen LogP contribution is 2.24. The number of sulfonamides is 1. The lowest BCUT2D eigenvalue weighted by molar-refractivity contribution is 0.603. The highest BCUT2D eigenvalue weighted by atomic mass is 35.5. The number of nitrogens with one attached hydrogen (secondary N) is 1. The second-order valence-electron chi connectivity index (χ2n) is 3.54. The van der Waals surface area contributed by atoms with Gasteiger partial charge < -0.3 is 5.73 Å². The van der Waals surface area contributed by atoms with Crippen LogP contribution >= 0.6 is 22.9 Å². The molecule has 1 heterocycles. The smallest absolute Gasteiger partial charge is 0.271 e. The van der Waals surface area contributed by atoms with Crippen LogP contribution in [0.15, 0.2) is 40.6 Å². The zero-order chi connectivity index (χ0) is 13.2. The summed E-state index contributed by atoms with van der Waals surface area (Å²) in [5, 5.41) is 0.476. The van der Waals surface area contributed by atoms with E-state index in [1.54, 1.807) is 36.4 Å². The molecule has 2 rings (SSSR count). The van der Waals surface area contributed by atoms with Gasteiger partial charge in [-0.3, -0.25) is 4.72 Å². The Morgan fingerprint density at radius 3 is 2.67 bits per heavy atom. The van der Waals surface area contributed by atoms with Crippen LogP contribution in [0.25, 0.3) is 0 Å². The molecule has 1 aromatic heterocycles. The lowest BCUT2D eigenvalue weighted by Gasteiger charge is -2.06. The van der Waals surface area contributed by atoms with Crippen molar-refractivity contribution in [3.8, 4) is 0 Å². The maximum atomic E-state index is 12.1. The second-order valence-corrected chi connectivity index (χ2v) is 7.05. The maximum absolute atomic E-state index is 12.1. The van der Waals surface area contributed by atoms with Gasteiger partial charge in [0.2, 0.25) is 0 Å². The molecule has 1 aromatic carbocycles. The van der Waals surface area contributed by atoms with E-state index < -0.39 is 10.0 Å². The van der Waals surface area contributed by atoms with Crippen molar-refractivity contribution in [1.82, 2.24) is 0 Å². The van der Waals surface area contributed by atoms with E-state index in [9.17, 15) is 8.42 Å². The zero-order valence-corrected chi connectivity index (χ0v) is 11.6. The Morgan fingerprint density at radius 2 is 2.06 bits per heavy atom. The molecule has 2 aromatic rings. The molecule has 0 spiro atoms. The molecule has 0 fully saturated rings. The van der Waals surface area contributed by atoms with Crippen molar-refractivity contribution in [2.75, 3.05) is 4.72 Å². The number of anilines is 1. The Morgan fingerprint density at radius 1 is 1.28 bits per heavy atom. The Bertz CT molecular complexity index is 653. The van der Waals surface area contributed by atoms with Gasteiger partial charge in [-0.25, -0.2) is 8.42 Å². The number of halogens is 1.